The Kier molecular flexibility index (Phi) is 7.59. The Balaban J connectivity index is 1.64. The van der Waals surface area contributed by atoms with Crippen molar-refractivity contribution in [2.45, 2.75) is 17.9 Å². The summed E-state index contributed by atoms with van der Waals surface area (Å²) in [5, 5.41) is 4.36. The van der Waals surface area contributed by atoms with E-state index in [9.17, 15) is 9.18 Å². The molecule has 3 rings (SSSR count). The zero-order chi connectivity index (χ0) is 19.8. The smallest absolute Gasteiger partial charge is 0.250 e. The normalized spacial score (nSPS) is 16.6. The SMILES string of the molecule is C/C(=N/NC(=O)CSc1ccccc1F)[C@@H](c1ccccc1)[NH+]1CCOCC1. The Morgan fingerprint density at radius 3 is 2.57 bits per heavy atom. The summed E-state index contributed by atoms with van der Waals surface area (Å²) in [7, 11) is 0. The minimum absolute atomic E-state index is 0.0598. The highest BCUT2D eigenvalue weighted by atomic mass is 32.2. The van der Waals surface area contributed by atoms with Gasteiger partial charge in [0.15, 0.2) is 6.04 Å². The molecule has 2 N–H and O–H groups in total. The van der Waals surface area contributed by atoms with Gasteiger partial charge >= 0.3 is 0 Å². The van der Waals surface area contributed by atoms with E-state index in [0.29, 0.717) is 4.90 Å². The largest absolute Gasteiger partial charge is 0.370 e. The second-order valence-electron chi connectivity index (χ2n) is 6.62. The van der Waals surface area contributed by atoms with Gasteiger partial charge in [0.2, 0.25) is 5.91 Å². The number of nitrogens with zero attached hydrogens (tertiary/aromatic N) is 1. The molecule has 0 radical (unpaired) electrons. The van der Waals surface area contributed by atoms with Crippen LogP contribution in [-0.2, 0) is 9.53 Å². The number of halogens is 1. The highest BCUT2D eigenvalue weighted by Crippen LogP contribution is 2.20. The maximum Gasteiger partial charge on any atom is 0.250 e. The van der Waals surface area contributed by atoms with Crippen LogP contribution >= 0.6 is 11.8 Å². The molecule has 148 valence electrons. The number of thioether (sulfide) groups is 1. The molecule has 0 saturated carbocycles. The lowest BCUT2D eigenvalue weighted by molar-refractivity contribution is -0.928. The number of carbonyl (C=O) groups excluding carboxylic acids is 1. The first-order valence-electron chi connectivity index (χ1n) is 9.33. The molecule has 1 amide bonds. The predicted octanol–water partition coefficient (Wildman–Crippen LogP) is 2.07. The average Bonchev–Trinajstić information content (AvgIpc) is 2.73. The van der Waals surface area contributed by atoms with E-state index in [4.69, 9.17) is 4.74 Å². The Labute approximate surface area is 169 Å². The van der Waals surface area contributed by atoms with Gasteiger partial charge in [0, 0.05) is 10.5 Å². The van der Waals surface area contributed by atoms with Crippen molar-refractivity contribution in [2.24, 2.45) is 5.10 Å². The van der Waals surface area contributed by atoms with Gasteiger partial charge in [-0.15, -0.1) is 11.8 Å². The number of carbonyl (C=O) groups is 1. The molecule has 0 aliphatic carbocycles. The number of rotatable bonds is 7. The van der Waals surface area contributed by atoms with Crippen LogP contribution in [0, 0.1) is 5.82 Å². The number of hydrogen-bond donors (Lipinski definition) is 2. The van der Waals surface area contributed by atoms with E-state index >= 15 is 0 Å². The maximum absolute atomic E-state index is 13.7. The number of ether oxygens (including phenoxy) is 1. The Morgan fingerprint density at radius 1 is 1.18 bits per heavy atom. The van der Waals surface area contributed by atoms with Crippen LogP contribution < -0.4 is 10.3 Å². The second kappa shape index (κ2) is 10.4. The molecule has 0 aromatic heterocycles. The molecule has 28 heavy (non-hydrogen) atoms. The van der Waals surface area contributed by atoms with Crippen molar-refractivity contribution >= 4 is 23.4 Å². The second-order valence-corrected chi connectivity index (χ2v) is 7.64. The quantitative estimate of drug-likeness (QED) is 0.424. The number of amides is 1. The third kappa shape index (κ3) is 5.64. The summed E-state index contributed by atoms with van der Waals surface area (Å²) in [6.45, 7) is 5.16. The standard InChI is InChI=1S/C21H24FN3O2S/c1-16(23-24-20(26)15-28-19-10-6-5-9-18(19)22)21(17-7-3-2-4-8-17)25-11-13-27-14-12-25/h2-10,21H,11-15H2,1H3,(H,24,26)/p+1/b23-16-/t21-/m0/s1. The summed E-state index contributed by atoms with van der Waals surface area (Å²) in [4.78, 5) is 14.0. The van der Waals surface area contributed by atoms with Crippen molar-refractivity contribution in [3.05, 3.63) is 66.0 Å². The van der Waals surface area contributed by atoms with Crippen LogP contribution in [0.15, 0.2) is 64.6 Å². The lowest BCUT2D eigenvalue weighted by atomic mass is 10.0. The van der Waals surface area contributed by atoms with Gasteiger partial charge in [-0.05, 0) is 19.1 Å². The van der Waals surface area contributed by atoms with Gasteiger partial charge in [0.05, 0.1) is 24.7 Å². The Morgan fingerprint density at radius 2 is 1.86 bits per heavy atom. The topological polar surface area (TPSA) is 55.1 Å². The van der Waals surface area contributed by atoms with E-state index in [1.807, 2.05) is 25.1 Å². The number of hydrazone groups is 1. The maximum atomic E-state index is 13.7. The van der Waals surface area contributed by atoms with E-state index in [0.717, 1.165) is 49.3 Å². The van der Waals surface area contributed by atoms with Gasteiger partial charge in [0.1, 0.15) is 18.9 Å². The molecular formula is C21H25FN3O2S+. The van der Waals surface area contributed by atoms with Crippen molar-refractivity contribution in [1.82, 2.24) is 5.43 Å². The lowest BCUT2D eigenvalue weighted by Gasteiger charge is -2.31. The molecule has 0 unspecified atom stereocenters. The average molecular weight is 403 g/mol. The summed E-state index contributed by atoms with van der Waals surface area (Å²) in [6, 6.07) is 16.7. The van der Waals surface area contributed by atoms with Crippen LogP contribution in [0.4, 0.5) is 4.39 Å². The first kappa shape index (κ1) is 20.5. The molecule has 5 nitrogen and oxygen atoms in total. The minimum atomic E-state index is -0.319. The van der Waals surface area contributed by atoms with E-state index < -0.39 is 0 Å². The first-order chi connectivity index (χ1) is 13.6. The van der Waals surface area contributed by atoms with Gasteiger partial charge in [-0.2, -0.15) is 5.10 Å². The summed E-state index contributed by atoms with van der Waals surface area (Å²) >= 11 is 1.16. The highest BCUT2D eigenvalue weighted by Gasteiger charge is 2.29. The third-order valence-corrected chi connectivity index (χ3v) is 5.69. The molecule has 1 saturated heterocycles. The van der Waals surface area contributed by atoms with Crippen LogP contribution in [0.1, 0.15) is 18.5 Å². The number of quaternary nitrogens is 1. The molecule has 2 aromatic rings. The summed E-state index contributed by atoms with van der Waals surface area (Å²) < 4.78 is 19.1. The zero-order valence-corrected chi connectivity index (χ0v) is 16.7. The minimum Gasteiger partial charge on any atom is -0.370 e. The van der Waals surface area contributed by atoms with Crippen LogP contribution in [0.25, 0.3) is 0 Å². The van der Waals surface area contributed by atoms with Gasteiger partial charge < -0.3 is 9.64 Å². The van der Waals surface area contributed by atoms with Crippen LogP contribution in [0.3, 0.4) is 0 Å². The van der Waals surface area contributed by atoms with Gasteiger partial charge in [-0.25, -0.2) is 9.82 Å². The molecule has 2 aromatic carbocycles. The summed E-state index contributed by atoms with van der Waals surface area (Å²) in [5.41, 5.74) is 4.63. The van der Waals surface area contributed by atoms with Gasteiger partial charge in [-0.3, -0.25) is 4.79 Å². The van der Waals surface area contributed by atoms with Crippen molar-refractivity contribution in [1.29, 1.82) is 0 Å². The monoisotopic (exact) mass is 402 g/mol. The number of benzene rings is 2. The van der Waals surface area contributed by atoms with E-state index in [1.165, 1.54) is 11.0 Å². The van der Waals surface area contributed by atoms with E-state index in [-0.39, 0.29) is 23.5 Å². The van der Waals surface area contributed by atoms with Crippen LogP contribution in [0.2, 0.25) is 0 Å². The zero-order valence-electron chi connectivity index (χ0n) is 15.9. The summed E-state index contributed by atoms with van der Waals surface area (Å²) in [6.07, 6.45) is 0. The highest BCUT2D eigenvalue weighted by molar-refractivity contribution is 8.00. The number of hydrogen-bond acceptors (Lipinski definition) is 4. The molecule has 1 aliphatic heterocycles. The molecule has 7 heteroatoms. The van der Waals surface area contributed by atoms with Crippen molar-refractivity contribution in [2.75, 3.05) is 32.1 Å². The molecular weight excluding hydrogens is 377 g/mol. The predicted molar refractivity (Wildman–Crippen MR) is 109 cm³/mol. The van der Waals surface area contributed by atoms with Crippen molar-refractivity contribution < 1.29 is 18.8 Å². The third-order valence-electron chi connectivity index (χ3n) is 4.65. The summed E-state index contributed by atoms with van der Waals surface area (Å²) in [5.74, 6) is -0.463. The lowest BCUT2D eigenvalue weighted by Crippen LogP contribution is -3.15. The fourth-order valence-corrected chi connectivity index (χ4v) is 4.02. The molecule has 0 spiro atoms. The Bertz CT molecular complexity index is 810. The van der Waals surface area contributed by atoms with Crippen molar-refractivity contribution in [3.8, 4) is 0 Å². The van der Waals surface area contributed by atoms with Gasteiger partial charge in [0.25, 0.3) is 0 Å². The fraction of sp³-hybridized carbons (Fsp3) is 0.333. The first-order valence-corrected chi connectivity index (χ1v) is 10.3. The van der Waals surface area contributed by atoms with E-state index in [1.54, 1.807) is 18.2 Å². The van der Waals surface area contributed by atoms with Gasteiger partial charge in [-0.1, -0.05) is 42.5 Å². The van der Waals surface area contributed by atoms with Crippen LogP contribution in [0.5, 0.6) is 0 Å². The number of nitrogens with one attached hydrogen (secondary N) is 2. The van der Waals surface area contributed by atoms with Crippen LogP contribution in [-0.4, -0.2) is 43.7 Å². The Hall–Kier alpha value is -2.22. The van der Waals surface area contributed by atoms with Crippen molar-refractivity contribution in [3.63, 3.8) is 0 Å². The molecule has 1 atom stereocenters. The molecule has 1 heterocycles. The number of morpholine rings is 1. The van der Waals surface area contributed by atoms with E-state index in [2.05, 4.69) is 22.7 Å². The fourth-order valence-electron chi connectivity index (χ4n) is 3.29. The molecule has 1 fully saturated rings. The molecule has 0 bridgehead atoms. The molecule has 1 aliphatic rings.